The molecule has 1 amide bonds. The van der Waals surface area contributed by atoms with Gasteiger partial charge in [-0.2, -0.15) is 0 Å². The molecule has 1 aliphatic heterocycles. The Labute approximate surface area is 165 Å². The number of nitrogens with zero attached hydrogens (tertiary/aromatic N) is 3. The zero-order valence-corrected chi connectivity index (χ0v) is 15.7. The average molecular weight is 399 g/mol. The van der Waals surface area contributed by atoms with Crippen molar-refractivity contribution in [1.82, 2.24) is 9.97 Å². The zero-order valence-electron chi connectivity index (χ0n) is 14.9. The first kappa shape index (κ1) is 18.2. The average Bonchev–Trinajstić information content (AvgIpc) is 2.79. The van der Waals surface area contributed by atoms with Gasteiger partial charge in [0, 0.05) is 21.8 Å². The van der Waals surface area contributed by atoms with Crippen molar-refractivity contribution in [3.05, 3.63) is 65.2 Å². The van der Waals surface area contributed by atoms with Crippen LogP contribution in [0.4, 0.5) is 15.9 Å². The van der Waals surface area contributed by atoms with Crippen molar-refractivity contribution in [3.8, 4) is 17.0 Å². The van der Waals surface area contributed by atoms with Crippen molar-refractivity contribution < 1.29 is 13.9 Å². The van der Waals surface area contributed by atoms with Crippen LogP contribution in [-0.4, -0.2) is 28.5 Å². The van der Waals surface area contributed by atoms with Crippen molar-refractivity contribution in [2.24, 2.45) is 0 Å². The SMILES string of the molecule is CC1CN(c2ccc(-c3ccccc3Cl)c(F)c2)C(=O)c2c(N)ncnc2O1. The van der Waals surface area contributed by atoms with Crippen molar-refractivity contribution in [1.29, 1.82) is 0 Å². The van der Waals surface area contributed by atoms with Crippen LogP contribution in [0.25, 0.3) is 11.1 Å². The molecule has 0 radical (unpaired) electrons. The third kappa shape index (κ3) is 3.14. The van der Waals surface area contributed by atoms with E-state index in [1.807, 2.05) is 0 Å². The number of halogens is 2. The minimum Gasteiger partial charge on any atom is -0.472 e. The van der Waals surface area contributed by atoms with E-state index >= 15 is 0 Å². The summed E-state index contributed by atoms with van der Waals surface area (Å²) in [4.78, 5) is 22.3. The van der Waals surface area contributed by atoms with Crippen molar-refractivity contribution in [3.63, 3.8) is 0 Å². The largest absolute Gasteiger partial charge is 0.472 e. The van der Waals surface area contributed by atoms with E-state index in [1.165, 1.54) is 17.3 Å². The van der Waals surface area contributed by atoms with Crippen LogP contribution >= 0.6 is 11.6 Å². The van der Waals surface area contributed by atoms with E-state index in [0.29, 0.717) is 21.8 Å². The number of hydrogen-bond acceptors (Lipinski definition) is 5. The van der Waals surface area contributed by atoms with E-state index in [1.54, 1.807) is 43.3 Å². The highest BCUT2D eigenvalue weighted by atomic mass is 35.5. The second-order valence-electron chi connectivity index (χ2n) is 6.43. The first-order valence-electron chi connectivity index (χ1n) is 8.59. The minimum absolute atomic E-state index is 0.0160. The van der Waals surface area contributed by atoms with Gasteiger partial charge in [0.2, 0.25) is 5.88 Å². The number of aromatic nitrogens is 2. The Morgan fingerprint density at radius 2 is 2.00 bits per heavy atom. The number of hydrogen-bond donors (Lipinski definition) is 1. The maximum Gasteiger partial charge on any atom is 0.267 e. The van der Waals surface area contributed by atoms with Crippen LogP contribution in [0.5, 0.6) is 5.88 Å². The summed E-state index contributed by atoms with van der Waals surface area (Å²) in [5.41, 5.74) is 7.25. The summed E-state index contributed by atoms with van der Waals surface area (Å²) in [6.45, 7) is 2.00. The van der Waals surface area contributed by atoms with Crippen LogP contribution in [0, 0.1) is 5.82 Å². The summed E-state index contributed by atoms with van der Waals surface area (Å²) >= 11 is 6.18. The van der Waals surface area contributed by atoms with Crippen LogP contribution in [0.15, 0.2) is 48.8 Å². The summed E-state index contributed by atoms with van der Waals surface area (Å²) in [5.74, 6) is -0.793. The van der Waals surface area contributed by atoms with Crippen molar-refractivity contribution in [2.45, 2.75) is 13.0 Å². The molecular weight excluding hydrogens is 383 g/mol. The van der Waals surface area contributed by atoms with Gasteiger partial charge < -0.3 is 15.4 Å². The molecule has 2 aromatic carbocycles. The predicted molar refractivity (Wildman–Crippen MR) is 105 cm³/mol. The second kappa shape index (κ2) is 7.09. The lowest BCUT2D eigenvalue weighted by molar-refractivity contribution is 0.0988. The van der Waals surface area contributed by atoms with Gasteiger partial charge >= 0.3 is 0 Å². The maximum absolute atomic E-state index is 14.9. The van der Waals surface area contributed by atoms with Gasteiger partial charge in [0.15, 0.2) is 0 Å². The van der Waals surface area contributed by atoms with E-state index in [2.05, 4.69) is 9.97 Å². The number of amides is 1. The Balaban J connectivity index is 1.77. The van der Waals surface area contributed by atoms with E-state index in [4.69, 9.17) is 22.1 Å². The van der Waals surface area contributed by atoms with Gasteiger partial charge in [0.1, 0.15) is 29.6 Å². The summed E-state index contributed by atoms with van der Waals surface area (Å²) < 4.78 is 20.6. The smallest absolute Gasteiger partial charge is 0.267 e. The third-order valence-electron chi connectivity index (χ3n) is 4.48. The van der Waals surface area contributed by atoms with Gasteiger partial charge in [-0.15, -0.1) is 0 Å². The summed E-state index contributed by atoms with van der Waals surface area (Å²) in [7, 11) is 0. The van der Waals surface area contributed by atoms with Crippen molar-refractivity contribution >= 4 is 29.0 Å². The lowest BCUT2D eigenvalue weighted by atomic mass is 10.0. The van der Waals surface area contributed by atoms with Gasteiger partial charge in [-0.25, -0.2) is 14.4 Å². The van der Waals surface area contributed by atoms with Crippen LogP contribution < -0.4 is 15.4 Å². The van der Waals surface area contributed by atoms with E-state index in [-0.39, 0.29) is 29.9 Å². The van der Waals surface area contributed by atoms with Gasteiger partial charge in [-0.3, -0.25) is 4.79 Å². The predicted octanol–water partition coefficient (Wildman–Crippen LogP) is 3.95. The molecule has 6 nitrogen and oxygen atoms in total. The topological polar surface area (TPSA) is 81.3 Å². The molecule has 0 saturated heterocycles. The Bertz CT molecular complexity index is 1080. The molecule has 3 aromatic rings. The van der Waals surface area contributed by atoms with Gasteiger partial charge in [0.25, 0.3) is 5.91 Å². The number of fused-ring (bicyclic) bond motifs is 1. The lowest BCUT2D eigenvalue weighted by Crippen LogP contribution is -2.36. The first-order valence-corrected chi connectivity index (χ1v) is 8.97. The van der Waals surface area contributed by atoms with Crippen LogP contribution in [0.1, 0.15) is 17.3 Å². The number of benzene rings is 2. The fourth-order valence-corrected chi connectivity index (χ4v) is 3.41. The molecule has 142 valence electrons. The molecule has 0 aliphatic carbocycles. The second-order valence-corrected chi connectivity index (χ2v) is 6.83. The van der Waals surface area contributed by atoms with Crippen LogP contribution in [0.3, 0.4) is 0 Å². The third-order valence-corrected chi connectivity index (χ3v) is 4.81. The quantitative estimate of drug-likeness (QED) is 0.707. The van der Waals surface area contributed by atoms with Gasteiger partial charge in [-0.05, 0) is 31.2 Å². The van der Waals surface area contributed by atoms with E-state index in [9.17, 15) is 9.18 Å². The number of carbonyl (C=O) groups is 1. The molecule has 0 saturated carbocycles. The van der Waals surface area contributed by atoms with E-state index < -0.39 is 11.7 Å². The first-order chi connectivity index (χ1) is 13.5. The highest BCUT2D eigenvalue weighted by Crippen LogP contribution is 2.34. The number of rotatable bonds is 2. The number of anilines is 2. The molecule has 1 aliphatic rings. The maximum atomic E-state index is 14.9. The highest BCUT2D eigenvalue weighted by molar-refractivity contribution is 6.33. The molecule has 2 N–H and O–H groups in total. The molecule has 4 rings (SSSR count). The minimum atomic E-state index is -0.492. The number of nitrogen functional groups attached to an aromatic ring is 1. The van der Waals surface area contributed by atoms with Crippen molar-refractivity contribution in [2.75, 3.05) is 17.2 Å². The Morgan fingerprint density at radius 1 is 1.21 bits per heavy atom. The molecule has 2 heterocycles. The van der Waals surface area contributed by atoms with Gasteiger partial charge in [0.05, 0.1) is 6.54 Å². The van der Waals surface area contributed by atoms with Crippen LogP contribution in [0.2, 0.25) is 5.02 Å². The summed E-state index contributed by atoms with van der Waals surface area (Å²) in [6, 6.07) is 11.6. The molecule has 8 heteroatoms. The highest BCUT2D eigenvalue weighted by Gasteiger charge is 2.31. The molecule has 28 heavy (non-hydrogen) atoms. The zero-order chi connectivity index (χ0) is 19.8. The molecule has 1 unspecified atom stereocenters. The number of nitrogens with two attached hydrogens (primary N) is 1. The Morgan fingerprint density at radius 3 is 2.75 bits per heavy atom. The molecule has 1 aromatic heterocycles. The normalized spacial score (nSPS) is 16.3. The van der Waals surface area contributed by atoms with E-state index in [0.717, 1.165) is 0 Å². The number of carbonyl (C=O) groups excluding carboxylic acids is 1. The van der Waals surface area contributed by atoms with Crippen LogP contribution in [-0.2, 0) is 0 Å². The molecule has 0 spiro atoms. The molecular formula is C20H16ClFN4O2. The Hall–Kier alpha value is -3.19. The monoisotopic (exact) mass is 398 g/mol. The molecule has 1 atom stereocenters. The fourth-order valence-electron chi connectivity index (χ4n) is 3.17. The molecule has 0 fully saturated rings. The standard InChI is InChI=1S/C20H16ClFN4O2/c1-11-9-26(20(27)17-18(23)24-10-25-19(17)28-11)12-6-7-14(16(22)8-12)13-4-2-3-5-15(13)21/h2-8,10-11H,9H2,1H3,(H2,23,24,25). The lowest BCUT2D eigenvalue weighted by Gasteiger charge is -2.23. The fraction of sp³-hybridized carbons (Fsp3) is 0.150. The van der Waals surface area contributed by atoms with Gasteiger partial charge in [-0.1, -0.05) is 29.8 Å². The number of ether oxygens (including phenoxy) is 1. The molecule has 0 bridgehead atoms. The Kier molecular flexibility index (Phi) is 4.60. The summed E-state index contributed by atoms with van der Waals surface area (Å²) in [5, 5.41) is 0.445. The summed E-state index contributed by atoms with van der Waals surface area (Å²) in [6.07, 6.45) is 0.868.